The van der Waals surface area contributed by atoms with Gasteiger partial charge in [0.25, 0.3) is 11.8 Å². The van der Waals surface area contributed by atoms with Gasteiger partial charge >= 0.3 is 0 Å². The van der Waals surface area contributed by atoms with Crippen LogP contribution < -0.4 is 10.4 Å². The summed E-state index contributed by atoms with van der Waals surface area (Å²) in [6.07, 6.45) is 0.599. The molecule has 0 spiro atoms. The van der Waals surface area contributed by atoms with Crippen molar-refractivity contribution in [1.82, 2.24) is 9.58 Å². The number of aromatic nitrogens is 1. The fourth-order valence-corrected chi connectivity index (χ4v) is 8.05. The number of carbonyl (C=O) groups excluding carboxylic acids is 1. The molecule has 0 bridgehead atoms. The molecule has 8 rings (SSSR count). The number of amides is 1. The van der Waals surface area contributed by atoms with Crippen molar-refractivity contribution in [2.75, 3.05) is 24.8 Å². The summed E-state index contributed by atoms with van der Waals surface area (Å²) in [5.41, 5.74) is 1.72. The lowest BCUT2D eigenvalue weighted by Crippen LogP contribution is -2.62. The van der Waals surface area contributed by atoms with Gasteiger partial charge in [-0.2, -0.15) is 0 Å². The molecular formula is C30H22F3N3O4S. The van der Waals surface area contributed by atoms with Crippen LogP contribution in [0.3, 0.4) is 0 Å². The van der Waals surface area contributed by atoms with Gasteiger partial charge in [-0.3, -0.25) is 19.3 Å². The molecule has 41 heavy (non-hydrogen) atoms. The maximum Gasteiger partial charge on any atom is 0.280 e. The zero-order valence-electron chi connectivity index (χ0n) is 21.4. The normalized spacial score (nSPS) is 21.8. The Bertz CT molecular complexity index is 1850. The van der Waals surface area contributed by atoms with Gasteiger partial charge in [-0.15, -0.1) is 11.3 Å². The van der Waals surface area contributed by atoms with E-state index in [-0.39, 0.29) is 24.4 Å². The number of aromatic hydroxyl groups is 1. The second-order valence-electron chi connectivity index (χ2n) is 10.7. The Hall–Kier alpha value is -4.09. The van der Waals surface area contributed by atoms with E-state index in [1.54, 1.807) is 16.3 Å². The van der Waals surface area contributed by atoms with Gasteiger partial charge in [0.05, 0.1) is 24.8 Å². The maximum atomic E-state index is 15.7. The minimum absolute atomic E-state index is 0.161. The first-order valence-electron chi connectivity index (χ1n) is 13.3. The Balaban J connectivity index is 1.50. The maximum absolute atomic E-state index is 15.7. The van der Waals surface area contributed by atoms with Crippen molar-refractivity contribution in [2.45, 2.75) is 31.0 Å². The number of benzene rings is 2. The van der Waals surface area contributed by atoms with Crippen molar-refractivity contribution < 1.29 is 27.8 Å². The Morgan fingerprint density at radius 3 is 2.71 bits per heavy atom. The molecular weight excluding hydrogens is 555 g/mol. The van der Waals surface area contributed by atoms with E-state index in [0.717, 1.165) is 22.1 Å². The van der Waals surface area contributed by atoms with Crippen LogP contribution >= 0.6 is 11.3 Å². The highest BCUT2D eigenvalue weighted by atomic mass is 32.1. The molecule has 2 aromatic carbocycles. The van der Waals surface area contributed by atoms with E-state index in [0.29, 0.717) is 29.7 Å². The summed E-state index contributed by atoms with van der Waals surface area (Å²) in [6.45, 7) is 0.792. The lowest BCUT2D eigenvalue weighted by atomic mass is 9.80. The van der Waals surface area contributed by atoms with Gasteiger partial charge in [0.15, 0.2) is 11.4 Å². The zero-order valence-corrected chi connectivity index (χ0v) is 22.3. The predicted octanol–water partition coefficient (Wildman–Crippen LogP) is 4.98. The standard InChI is InChI=1S/C30H22F3N3O4S/c31-19-6-5-18-23-22-15(13-30(32,33)24(19)23)14-41-28(22)17-4-2-1-3-16(17)25(18)36-21-8-11-40-12-10-34(21)29(39)26-27(38)20(37)7-9-35(26)36/h1-7,9,14,21,25,38H,8,10-13H2. The van der Waals surface area contributed by atoms with Crippen molar-refractivity contribution in [2.24, 2.45) is 0 Å². The molecule has 2 aromatic heterocycles. The van der Waals surface area contributed by atoms with Crippen LogP contribution in [0.25, 0.3) is 21.6 Å². The molecule has 2 aliphatic carbocycles. The van der Waals surface area contributed by atoms with Crippen LogP contribution in [0.1, 0.15) is 45.2 Å². The Morgan fingerprint density at radius 1 is 1.02 bits per heavy atom. The second kappa shape index (κ2) is 8.46. The van der Waals surface area contributed by atoms with Crippen molar-refractivity contribution in [3.63, 3.8) is 0 Å². The van der Waals surface area contributed by atoms with Gasteiger partial charge in [-0.05, 0) is 33.7 Å². The number of fused-ring (bicyclic) bond motifs is 4. The third-order valence-corrected chi connectivity index (χ3v) is 9.63. The highest BCUT2D eigenvalue weighted by Gasteiger charge is 2.50. The summed E-state index contributed by atoms with van der Waals surface area (Å²) in [5.74, 6) is -5.62. The molecule has 2 atom stereocenters. The summed E-state index contributed by atoms with van der Waals surface area (Å²) in [5, 5.41) is 14.4. The summed E-state index contributed by atoms with van der Waals surface area (Å²) in [7, 11) is 0. The molecule has 1 fully saturated rings. The molecule has 11 heteroatoms. The molecule has 4 aliphatic rings. The summed E-state index contributed by atoms with van der Waals surface area (Å²) >= 11 is 1.35. The van der Waals surface area contributed by atoms with Crippen LogP contribution in [0.4, 0.5) is 13.2 Å². The molecule has 0 radical (unpaired) electrons. The van der Waals surface area contributed by atoms with E-state index in [1.807, 2.05) is 29.3 Å². The van der Waals surface area contributed by atoms with Crippen molar-refractivity contribution in [3.05, 3.63) is 98.0 Å². The molecule has 1 N–H and O–H groups in total. The van der Waals surface area contributed by atoms with E-state index in [1.165, 1.54) is 28.3 Å². The average molecular weight is 578 g/mol. The first kappa shape index (κ1) is 24.7. The number of ether oxygens (including phenoxy) is 1. The number of pyridine rings is 1. The van der Waals surface area contributed by atoms with Crippen LogP contribution in [-0.4, -0.2) is 46.5 Å². The van der Waals surface area contributed by atoms with Gasteiger partial charge in [0.1, 0.15) is 12.0 Å². The number of hydrogen-bond donors (Lipinski definition) is 1. The monoisotopic (exact) mass is 577 g/mol. The Labute approximate surface area is 235 Å². The predicted molar refractivity (Wildman–Crippen MR) is 145 cm³/mol. The highest BCUT2D eigenvalue weighted by molar-refractivity contribution is 7.14. The molecule has 4 aromatic rings. The van der Waals surface area contributed by atoms with Crippen molar-refractivity contribution in [3.8, 4) is 27.3 Å². The first-order valence-corrected chi connectivity index (χ1v) is 14.2. The quantitative estimate of drug-likeness (QED) is 0.346. The van der Waals surface area contributed by atoms with E-state index in [2.05, 4.69) is 0 Å². The number of hydrogen-bond acceptors (Lipinski definition) is 6. The number of alkyl halides is 2. The van der Waals surface area contributed by atoms with Crippen molar-refractivity contribution >= 4 is 17.2 Å². The number of rotatable bonds is 1. The van der Waals surface area contributed by atoms with Crippen LogP contribution in [0.15, 0.2) is 58.8 Å². The minimum atomic E-state index is -3.43. The molecule has 1 amide bonds. The number of nitrogens with zero attached hydrogens (tertiary/aromatic N) is 3. The fraction of sp³-hybridized carbons (Fsp3) is 0.267. The van der Waals surface area contributed by atoms with E-state index in [9.17, 15) is 14.7 Å². The minimum Gasteiger partial charge on any atom is -0.502 e. The average Bonchev–Trinajstić information content (AvgIpc) is 3.13. The topological polar surface area (TPSA) is 75.0 Å². The number of thiophene rings is 1. The van der Waals surface area contributed by atoms with Gasteiger partial charge in [0, 0.05) is 47.7 Å². The third-order valence-electron chi connectivity index (χ3n) is 8.57. The molecule has 4 heterocycles. The van der Waals surface area contributed by atoms with E-state index < -0.39 is 53.0 Å². The lowest BCUT2D eigenvalue weighted by Gasteiger charge is -2.49. The summed E-state index contributed by atoms with van der Waals surface area (Å²) in [6, 6.07) is 10.6. The van der Waals surface area contributed by atoms with E-state index >= 15 is 13.2 Å². The molecule has 7 nitrogen and oxygen atoms in total. The molecule has 2 aliphatic heterocycles. The first-order chi connectivity index (χ1) is 19.8. The second-order valence-corrected chi connectivity index (χ2v) is 11.6. The van der Waals surface area contributed by atoms with Crippen LogP contribution in [0.2, 0.25) is 0 Å². The smallest absolute Gasteiger partial charge is 0.280 e. The summed E-state index contributed by atoms with van der Waals surface area (Å²) < 4.78 is 54.0. The van der Waals surface area contributed by atoms with Gasteiger partial charge in [-0.1, -0.05) is 30.3 Å². The third kappa shape index (κ3) is 3.24. The largest absolute Gasteiger partial charge is 0.502 e. The highest BCUT2D eigenvalue weighted by Crippen LogP contribution is 2.58. The van der Waals surface area contributed by atoms with Gasteiger partial charge < -0.3 is 14.7 Å². The zero-order chi connectivity index (χ0) is 28.2. The molecule has 1 saturated heterocycles. The van der Waals surface area contributed by atoms with Gasteiger partial charge in [-0.25, -0.2) is 13.2 Å². The molecule has 0 saturated carbocycles. The van der Waals surface area contributed by atoms with Gasteiger partial charge in [0.2, 0.25) is 5.43 Å². The Kier molecular flexibility index (Phi) is 5.10. The lowest BCUT2D eigenvalue weighted by molar-refractivity contribution is -0.00824. The number of halogens is 3. The SMILES string of the molecule is O=C1c2c(O)c(=O)ccn2N(C2c3ccccc3-c3scc4c3-c3c2ccc(F)c3C(F)(F)C4)C2CCOCCN12. The van der Waals surface area contributed by atoms with Crippen LogP contribution in [0, 0.1) is 5.82 Å². The van der Waals surface area contributed by atoms with Crippen molar-refractivity contribution in [1.29, 1.82) is 0 Å². The number of carbonyl (C=O) groups is 1. The molecule has 208 valence electrons. The van der Waals surface area contributed by atoms with Crippen LogP contribution in [-0.2, 0) is 17.1 Å². The molecule has 2 unspecified atom stereocenters. The fourth-order valence-electron chi connectivity index (χ4n) is 6.92. The van der Waals surface area contributed by atoms with Crippen LogP contribution in [0.5, 0.6) is 5.75 Å². The summed E-state index contributed by atoms with van der Waals surface area (Å²) in [4.78, 5) is 28.6. The Morgan fingerprint density at radius 2 is 1.85 bits per heavy atom. The van der Waals surface area contributed by atoms with E-state index in [4.69, 9.17) is 4.74 Å².